The number of carbonyl (C=O) groups excluding carboxylic acids is 1. The minimum atomic E-state index is -0.568. The van der Waals surface area contributed by atoms with Crippen LogP contribution in [0.4, 0.5) is 4.79 Å². The molecule has 18 heavy (non-hydrogen) atoms. The van der Waals surface area contributed by atoms with Crippen LogP contribution in [0.5, 0.6) is 0 Å². The highest BCUT2D eigenvalue weighted by Crippen LogP contribution is 2.11. The van der Waals surface area contributed by atoms with E-state index in [-0.39, 0.29) is 0 Å². The van der Waals surface area contributed by atoms with Crippen molar-refractivity contribution >= 4 is 6.16 Å². The van der Waals surface area contributed by atoms with Crippen LogP contribution in [0, 0.1) is 0 Å². The molecule has 0 heterocycles. The van der Waals surface area contributed by atoms with Crippen LogP contribution >= 0.6 is 0 Å². The van der Waals surface area contributed by atoms with Crippen molar-refractivity contribution in [1.29, 1.82) is 0 Å². The fourth-order valence-electron chi connectivity index (χ4n) is 1.98. The second-order valence-corrected chi connectivity index (χ2v) is 4.84. The van der Waals surface area contributed by atoms with Crippen molar-refractivity contribution in [3.63, 3.8) is 0 Å². The fraction of sp³-hybridized carbons (Fsp3) is 0.933. The summed E-state index contributed by atoms with van der Waals surface area (Å²) in [7, 11) is 1.34. The Hall–Kier alpha value is -0.730. The minimum absolute atomic E-state index is 0.490. The van der Waals surface area contributed by atoms with Crippen LogP contribution in [-0.2, 0) is 9.47 Å². The van der Waals surface area contributed by atoms with E-state index < -0.39 is 6.16 Å². The Labute approximate surface area is 112 Å². The molecule has 0 aromatic carbocycles. The van der Waals surface area contributed by atoms with Gasteiger partial charge in [-0.25, -0.2) is 4.79 Å². The third-order valence-corrected chi connectivity index (χ3v) is 3.13. The van der Waals surface area contributed by atoms with Gasteiger partial charge >= 0.3 is 6.16 Å². The maximum absolute atomic E-state index is 10.6. The van der Waals surface area contributed by atoms with Gasteiger partial charge in [-0.1, -0.05) is 71.1 Å². The number of ether oxygens (including phenoxy) is 2. The molecule has 0 fully saturated rings. The average molecular weight is 258 g/mol. The highest BCUT2D eigenvalue weighted by molar-refractivity contribution is 5.59. The zero-order valence-electron chi connectivity index (χ0n) is 12.2. The Morgan fingerprint density at radius 1 is 0.778 bits per heavy atom. The lowest BCUT2D eigenvalue weighted by atomic mass is 10.1. The van der Waals surface area contributed by atoms with Gasteiger partial charge in [0.1, 0.15) is 0 Å². The van der Waals surface area contributed by atoms with Crippen molar-refractivity contribution < 1.29 is 14.3 Å². The van der Waals surface area contributed by atoms with Crippen LogP contribution in [-0.4, -0.2) is 19.9 Å². The van der Waals surface area contributed by atoms with Crippen LogP contribution in [0.2, 0.25) is 0 Å². The van der Waals surface area contributed by atoms with Crippen LogP contribution < -0.4 is 0 Å². The zero-order valence-corrected chi connectivity index (χ0v) is 12.2. The van der Waals surface area contributed by atoms with Crippen molar-refractivity contribution in [3.05, 3.63) is 0 Å². The van der Waals surface area contributed by atoms with Crippen molar-refractivity contribution in [3.8, 4) is 0 Å². The normalized spacial score (nSPS) is 10.3. The molecule has 3 heteroatoms. The lowest BCUT2D eigenvalue weighted by Crippen LogP contribution is -2.05. The molecule has 0 unspecified atom stereocenters. The monoisotopic (exact) mass is 258 g/mol. The number of hydrogen-bond donors (Lipinski definition) is 0. The fourth-order valence-corrected chi connectivity index (χ4v) is 1.98. The van der Waals surface area contributed by atoms with Gasteiger partial charge in [0, 0.05) is 0 Å². The first-order valence-corrected chi connectivity index (χ1v) is 7.52. The highest BCUT2D eigenvalue weighted by Gasteiger charge is 1.98. The molecule has 0 aliphatic rings. The van der Waals surface area contributed by atoms with Crippen molar-refractivity contribution in [2.24, 2.45) is 0 Å². The highest BCUT2D eigenvalue weighted by atomic mass is 16.7. The summed E-state index contributed by atoms with van der Waals surface area (Å²) in [6.45, 7) is 2.74. The molecule has 108 valence electrons. The summed E-state index contributed by atoms with van der Waals surface area (Å²) in [5, 5.41) is 0. The molecule has 0 atom stereocenters. The van der Waals surface area contributed by atoms with Crippen LogP contribution in [0.25, 0.3) is 0 Å². The molecular weight excluding hydrogens is 228 g/mol. The Kier molecular flexibility index (Phi) is 13.8. The van der Waals surface area contributed by atoms with Gasteiger partial charge in [0.25, 0.3) is 0 Å². The van der Waals surface area contributed by atoms with E-state index in [0.717, 1.165) is 12.8 Å². The van der Waals surface area contributed by atoms with Gasteiger partial charge in [0.2, 0.25) is 0 Å². The van der Waals surface area contributed by atoms with Crippen molar-refractivity contribution in [2.45, 2.75) is 77.6 Å². The van der Waals surface area contributed by atoms with Gasteiger partial charge in [-0.05, 0) is 6.42 Å². The first-order chi connectivity index (χ1) is 8.81. The average Bonchev–Trinajstić information content (AvgIpc) is 2.39. The standard InChI is InChI=1S/C15H30O3/c1-3-4-5-6-7-8-9-10-11-12-13-14-18-15(16)17-2/h3-14H2,1-2H3. The van der Waals surface area contributed by atoms with E-state index in [1.807, 2.05) is 0 Å². The third-order valence-electron chi connectivity index (χ3n) is 3.13. The number of hydrogen-bond acceptors (Lipinski definition) is 3. The molecule has 0 saturated carbocycles. The maximum Gasteiger partial charge on any atom is 0.507 e. The topological polar surface area (TPSA) is 35.5 Å². The predicted octanol–water partition coefficient (Wildman–Crippen LogP) is 5.08. The Balaban J connectivity index is 2.97. The molecule has 0 aromatic heterocycles. The van der Waals surface area contributed by atoms with Gasteiger partial charge in [0.05, 0.1) is 13.7 Å². The van der Waals surface area contributed by atoms with Gasteiger partial charge in [-0.3, -0.25) is 0 Å². The number of rotatable bonds is 12. The van der Waals surface area contributed by atoms with Crippen molar-refractivity contribution in [1.82, 2.24) is 0 Å². The molecule has 0 aromatic rings. The first-order valence-electron chi connectivity index (χ1n) is 7.52. The van der Waals surface area contributed by atoms with Gasteiger partial charge in [-0.2, -0.15) is 0 Å². The molecule has 0 N–H and O–H groups in total. The molecule has 0 radical (unpaired) electrons. The summed E-state index contributed by atoms with van der Waals surface area (Å²) < 4.78 is 9.20. The van der Waals surface area contributed by atoms with E-state index in [2.05, 4.69) is 11.7 Å². The van der Waals surface area contributed by atoms with E-state index in [4.69, 9.17) is 4.74 Å². The zero-order chi connectivity index (χ0) is 13.5. The first kappa shape index (κ1) is 17.3. The number of unbranched alkanes of at least 4 members (excludes halogenated alkanes) is 10. The molecule has 0 saturated heterocycles. The minimum Gasteiger partial charge on any atom is -0.438 e. The lowest BCUT2D eigenvalue weighted by molar-refractivity contribution is 0.0713. The molecule has 0 rings (SSSR count). The SMILES string of the molecule is CCCCCCCCCCCCCOC(=O)OC. The second-order valence-electron chi connectivity index (χ2n) is 4.84. The van der Waals surface area contributed by atoms with Crippen LogP contribution in [0.3, 0.4) is 0 Å². The maximum atomic E-state index is 10.6. The van der Waals surface area contributed by atoms with Gasteiger partial charge in [-0.15, -0.1) is 0 Å². The molecular formula is C15H30O3. The van der Waals surface area contributed by atoms with E-state index in [1.54, 1.807) is 0 Å². The summed E-state index contributed by atoms with van der Waals surface area (Å²) >= 11 is 0. The molecule has 0 amide bonds. The van der Waals surface area contributed by atoms with E-state index >= 15 is 0 Å². The van der Waals surface area contributed by atoms with Crippen molar-refractivity contribution in [2.75, 3.05) is 13.7 Å². The predicted molar refractivity (Wildman–Crippen MR) is 74.8 cm³/mol. The molecule has 0 aliphatic carbocycles. The quantitative estimate of drug-likeness (QED) is 0.362. The van der Waals surface area contributed by atoms with Gasteiger partial charge in [0.15, 0.2) is 0 Å². The summed E-state index contributed by atoms with van der Waals surface area (Å²) in [4.78, 5) is 10.6. The Morgan fingerprint density at radius 2 is 1.22 bits per heavy atom. The van der Waals surface area contributed by atoms with E-state index in [1.165, 1.54) is 64.9 Å². The molecule has 0 spiro atoms. The largest absolute Gasteiger partial charge is 0.507 e. The third kappa shape index (κ3) is 13.3. The smallest absolute Gasteiger partial charge is 0.438 e. The summed E-state index contributed by atoms with van der Waals surface area (Å²) in [5.74, 6) is 0. The summed E-state index contributed by atoms with van der Waals surface area (Å²) in [6.07, 6.45) is 13.7. The number of carbonyl (C=O) groups is 1. The summed E-state index contributed by atoms with van der Waals surface area (Å²) in [5.41, 5.74) is 0. The second kappa shape index (κ2) is 14.3. The van der Waals surface area contributed by atoms with Gasteiger partial charge < -0.3 is 9.47 Å². The molecule has 0 bridgehead atoms. The molecule has 3 nitrogen and oxygen atoms in total. The lowest BCUT2D eigenvalue weighted by Gasteiger charge is -2.03. The van der Waals surface area contributed by atoms with Crippen LogP contribution in [0.15, 0.2) is 0 Å². The van der Waals surface area contributed by atoms with E-state index in [0.29, 0.717) is 6.61 Å². The number of methoxy groups -OCH3 is 1. The summed E-state index contributed by atoms with van der Waals surface area (Å²) in [6, 6.07) is 0. The Morgan fingerprint density at radius 3 is 1.67 bits per heavy atom. The Bertz CT molecular complexity index is 181. The van der Waals surface area contributed by atoms with Crippen LogP contribution in [0.1, 0.15) is 77.6 Å². The van der Waals surface area contributed by atoms with E-state index in [9.17, 15) is 4.79 Å². The molecule has 0 aliphatic heterocycles.